The van der Waals surface area contributed by atoms with Gasteiger partial charge in [0.1, 0.15) is 5.69 Å². The van der Waals surface area contributed by atoms with Gasteiger partial charge in [0.15, 0.2) is 0 Å². The molecule has 0 unspecified atom stereocenters. The number of hydrogen-bond donors (Lipinski definition) is 2. The van der Waals surface area contributed by atoms with Crippen molar-refractivity contribution in [3.8, 4) is 11.3 Å². The molecular formula is C16H15N5O. The largest absolute Gasteiger partial charge is 0.350 e. The summed E-state index contributed by atoms with van der Waals surface area (Å²) in [6.07, 6.45) is 3.50. The Morgan fingerprint density at radius 2 is 2.09 bits per heavy atom. The van der Waals surface area contributed by atoms with Crippen LogP contribution in [0.4, 0.5) is 0 Å². The predicted molar refractivity (Wildman–Crippen MR) is 84.5 cm³/mol. The van der Waals surface area contributed by atoms with Gasteiger partial charge in [0.05, 0.1) is 17.6 Å². The van der Waals surface area contributed by atoms with E-state index in [0.717, 1.165) is 17.0 Å². The Morgan fingerprint density at radius 1 is 1.27 bits per heavy atom. The van der Waals surface area contributed by atoms with E-state index in [1.54, 1.807) is 12.3 Å². The summed E-state index contributed by atoms with van der Waals surface area (Å²) in [6.45, 7) is 0. The lowest BCUT2D eigenvalue weighted by Gasteiger charge is -1.97. The third-order valence-corrected chi connectivity index (χ3v) is 3.24. The summed E-state index contributed by atoms with van der Waals surface area (Å²) in [7, 11) is 1.91. The number of H-pyrrole nitrogens is 1. The lowest BCUT2D eigenvalue weighted by atomic mass is 10.1. The third kappa shape index (κ3) is 2.95. The number of aromatic nitrogens is 3. The second kappa shape index (κ2) is 6.09. The molecule has 0 atom stereocenters. The molecule has 2 heterocycles. The van der Waals surface area contributed by atoms with Gasteiger partial charge in [-0.25, -0.2) is 5.43 Å². The van der Waals surface area contributed by atoms with Gasteiger partial charge in [-0.05, 0) is 18.2 Å². The van der Waals surface area contributed by atoms with Crippen molar-refractivity contribution in [1.29, 1.82) is 0 Å². The maximum absolute atomic E-state index is 12.0. The van der Waals surface area contributed by atoms with E-state index >= 15 is 0 Å². The average molecular weight is 293 g/mol. The Labute approximate surface area is 127 Å². The molecule has 0 spiro atoms. The van der Waals surface area contributed by atoms with Crippen molar-refractivity contribution in [1.82, 2.24) is 20.2 Å². The molecule has 0 saturated carbocycles. The number of aryl methyl sites for hydroxylation is 1. The molecule has 0 saturated heterocycles. The molecular weight excluding hydrogens is 278 g/mol. The number of aromatic amines is 1. The first-order chi connectivity index (χ1) is 10.7. The topological polar surface area (TPSA) is 75.1 Å². The van der Waals surface area contributed by atoms with Crippen molar-refractivity contribution >= 4 is 12.1 Å². The number of hydrogen-bond acceptors (Lipinski definition) is 3. The van der Waals surface area contributed by atoms with E-state index < -0.39 is 0 Å². The number of carbonyl (C=O) groups excluding carboxylic acids is 1. The Balaban J connectivity index is 1.67. The maximum atomic E-state index is 12.0. The number of hydrazone groups is 1. The van der Waals surface area contributed by atoms with Crippen LogP contribution >= 0.6 is 0 Å². The summed E-state index contributed by atoms with van der Waals surface area (Å²) in [5.74, 6) is -0.333. The summed E-state index contributed by atoms with van der Waals surface area (Å²) in [6, 6.07) is 15.2. The predicted octanol–water partition coefficient (Wildman–Crippen LogP) is 2.18. The van der Waals surface area contributed by atoms with Crippen LogP contribution in [0.25, 0.3) is 11.3 Å². The van der Waals surface area contributed by atoms with Gasteiger partial charge in [-0.15, -0.1) is 0 Å². The quantitative estimate of drug-likeness (QED) is 0.571. The van der Waals surface area contributed by atoms with E-state index in [0.29, 0.717) is 5.69 Å². The molecule has 0 radical (unpaired) electrons. The Kier molecular flexibility index (Phi) is 3.82. The fourth-order valence-electron chi connectivity index (χ4n) is 2.02. The minimum atomic E-state index is -0.333. The van der Waals surface area contributed by atoms with Gasteiger partial charge in [0.25, 0.3) is 5.91 Å². The minimum Gasteiger partial charge on any atom is -0.350 e. The van der Waals surface area contributed by atoms with Gasteiger partial charge < -0.3 is 4.57 Å². The van der Waals surface area contributed by atoms with Gasteiger partial charge in [0.2, 0.25) is 0 Å². The first-order valence-electron chi connectivity index (χ1n) is 6.79. The summed E-state index contributed by atoms with van der Waals surface area (Å²) in [4.78, 5) is 12.0. The molecule has 1 aromatic carbocycles. The van der Waals surface area contributed by atoms with E-state index in [1.165, 1.54) is 0 Å². The lowest BCUT2D eigenvalue weighted by molar-refractivity contribution is 0.0950. The van der Waals surface area contributed by atoms with Crippen LogP contribution in [-0.2, 0) is 7.05 Å². The van der Waals surface area contributed by atoms with Gasteiger partial charge in [-0.1, -0.05) is 30.3 Å². The molecule has 0 aliphatic carbocycles. The number of carbonyl (C=O) groups is 1. The number of nitrogens with one attached hydrogen (secondary N) is 2. The summed E-state index contributed by atoms with van der Waals surface area (Å²) >= 11 is 0. The SMILES string of the molecule is Cn1cccc1/C=N/NC(=O)c1cc(-c2ccccc2)n[nH]1. The molecule has 6 nitrogen and oxygen atoms in total. The molecule has 3 aromatic rings. The molecule has 3 rings (SSSR count). The second-order valence-corrected chi connectivity index (χ2v) is 4.78. The minimum absolute atomic E-state index is 0.333. The molecule has 0 fully saturated rings. The van der Waals surface area contributed by atoms with Crippen molar-refractivity contribution in [2.24, 2.45) is 12.1 Å². The zero-order valence-corrected chi connectivity index (χ0v) is 12.0. The summed E-state index contributed by atoms with van der Waals surface area (Å²) < 4.78 is 1.90. The summed E-state index contributed by atoms with van der Waals surface area (Å²) in [5, 5.41) is 10.8. The van der Waals surface area contributed by atoms with Crippen LogP contribution < -0.4 is 5.43 Å². The van der Waals surface area contributed by atoms with Crippen molar-refractivity contribution in [3.05, 3.63) is 66.1 Å². The van der Waals surface area contributed by atoms with Crippen molar-refractivity contribution in [2.45, 2.75) is 0 Å². The fraction of sp³-hybridized carbons (Fsp3) is 0.0625. The van der Waals surface area contributed by atoms with Gasteiger partial charge in [-0.3, -0.25) is 9.89 Å². The highest BCUT2D eigenvalue weighted by Crippen LogP contribution is 2.16. The highest BCUT2D eigenvalue weighted by atomic mass is 16.2. The van der Waals surface area contributed by atoms with Gasteiger partial charge in [0, 0.05) is 18.8 Å². The maximum Gasteiger partial charge on any atom is 0.289 e. The van der Waals surface area contributed by atoms with Crippen LogP contribution in [0.1, 0.15) is 16.2 Å². The second-order valence-electron chi connectivity index (χ2n) is 4.78. The Morgan fingerprint density at radius 3 is 2.82 bits per heavy atom. The number of nitrogens with zero attached hydrogens (tertiary/aromatic N) is 3. The molecule has 0 bridgehead atoms. The van der Waals surface area contributed by atoms with E-state index in [4.69, 9.17) is 0 Å². The Hall–Kier alpha value is -3.15. The molecule has 0 aliphatic heterocycles. The van der Waals surface area contributed by atoms with Crippen LogP contribution in [-0.4, -0.2) is 26.9 Å². The van der Waals surface area contributed by atoms with Crippen molar-refractivity contribution < 1.29 is 4.79 Å². The van der Waals surface area contributed by atoms with Crippen LogP contribution in [0.15, 0.2) is 59.8 Å². The van der Waals surface area contributed by atoms with E-state index in [-0.39, 0.29) is 5.91 Å². The van der Waals surface area contributed by atoms with E-state index in [9.17, 15) is 4.79 Å². The number of rotatable bonds is 4. The fourth-order valence-corrected chi connectivity index (χ4v) is 2.02. The van der Waals surface area contributed by atoms with Crippen molar-refractivity contribution in [3.63, 3.8) is 0 Å². The molecule has 110 valence electrons. The molecule has 22 heavy (non-hydrogen) atoms. The molecule has 2 N–H and O–H groups in total. The molecule has 1 amide bonds. The van der Waals surface area contributed by atoms with Crippen LogP contribution in [0.3, 0.4) is 0 Å². The molecule has 0 aliphatic rings. The zero-order chi connectivity index (χ0) is 15.4. The number of benzene rings is 1. The highest BCUT2D eigenvalue weighted by Gasteiger charge is 2.09. The molecule has 6 heteroatoms. The average Bonchev–Trinajstić information content (AvgIpc) is 3.18. The standard InChI is InChI=1S/C16H15N5O/c1-21-9-5-8-13(21)11-17-20-16(22)15-10-14(18-19-15)12-6-3-2-4-7-12/h2-11H,1H3,(H,18,19)(H,20,22)/b17-11+. The smallest absolute Gasteiger partial charge is 0.289 e. The lowest BCUT2D eigenvalue weighted by Crippen LogP contribution is -2.18. The first kappa shape index (κ1) is 13.8. The summed E-state index contributed by atoms with van der Waals surface area (Å²) in [5.41, 5.74) is 5.41. The van der Waals surface area contributed by atoms with Crippen molar-refractivity contribution in [2.75, 3.05) is 0 Å². The zero-order valence-electron chi connectivity index (χ0n) is 12.0. The van der Waals surface area contributed by atoms with Gasteiger partial charge in [-0.2, -0.15) is 10.2 Å². The van der Waals surface area contributed by atoms with E-state index in [2.05, 4.69) is 20.7 Å². The van der Waals surface area contributed by atoms with Crippen LogP contribution in [0.5, 0.6) is 0 Å². The van der Waals surface area contributed by atoms with Crippen LogP contribution in [0, 0.1) is 0 Å². The Bertz CT molecular complexity index is 801. The van der Waals surface area contributed by atoms with Gasteiger partial charge >= 0.3 is 0 Å². The van der Waals surface area contributed by atoms with E-state index in [1.807, 2.05) is 60.3 Å². The molecule has 2 aromatic heterocycles. The normalized spacial score (nSPS) is 11.0. The monoisotopic (exact) mass is 293 g/mol. The first-order valence-corrected chi connectivity index (χ1v) is 6.79. The third-order valence-electron chi connectivity index (χ3n) is 3.24. The highest BCUT2D eigenvalue weighted by molar-refractivity contribution is 5.94. The number of amides is 1. The van der Waals surface area contributed by atoms with Crippen LogP contribution in [0.2, 0.25) is 0 Å².